The Morgan fingerprint density at radius 2 is 1.50 bits per heavy atom. The van der Waals surface area contributed by atoms with E-state index in [0.717, 1.165) is 0 Å². The van der Waals surface area contributed by atoms with Crippen LogP contribution in [0.25, 0.3) is 0 Å². The van der Waals surface area contributed by atoms with Gasteiger partial charge in [0.05, 0.1) is 11.0 Å². The second-order valence-corrected chi connectivity index (χ2v) is 8.37. The maximum Gasteiger partial charge on any atom is 0.422 e. The van der Waals surface area contributed by atoms with Crippen LogP contribution in [-0.4, -0.2) is 38.5 Å². The lowest BCUT2D eigenvalue weighted by atomic mass is 9.77. The third kappa shape index (κ3) is 4.20. The van der Waals surface area contributed by atoms with Gasteiger partial charge in [0.15, 0.2) is 17.4 Å². The Morgan fingerprint density at radius 3 is 1.81 bits per heavy atom. The minimum Gasteiger partial charge on any atom is -0.464 e. The average molecular weight is 433 g/mol. The first-order valence-electron chi connectivity index (χ1n) is 7.74. The number of carbonyl (C=O) groups excluding carboxylic acids is 1. The van der Waals surface area contributed by atoms with E-state index < -0.39 is 40.4 Å². The van der Waals surface area contributed by atoms with Gasteiger partial charge in [-0.1, -0.05) is 57.5 Å². The Morgan fingerprint density at radius 1 is 1.04 bits per heavy atom. The van der Waals surface area contributed by atoms with Gasteiger partial charge in [-0.3, -0.25) is 4.79 Å². The Balaban J connectivity index is 4.15. The molecule has 0 radical (unpaired) electrons. The quantitative estimate of drug-likeness (QED) is 0.535. The van der Waals surface area contributed by atoms with Crippen LogP contribution in [0.15, 0.2) is 0 Å². The van der Waals surface area contributed by atoms with Crippen molar-refractivity contribution in [2.24, 2.45) is 0 Å². The van der Waals surface area contributed by atoms with Gasteiger partial charge in [-0.05, 0) is 5.41 Å². The van der Waals surface area contributed by atoms with Crippen molar-refractivity contribution in [3.05, 3.63) is 22.6 Å². The van der Waals surface area contributed by atoms with Crippen molar-refractivity contribution in [1.29, 1.82) is 0 Å². The number of anilines is 1. The highest BCUT2D eigenvalue weighted by molar-refractivity contribution is 9.09. The van der Waals surface area contributed by atoms with Crippen LogP contribution >= 0.6 is 15.9 Å². The van der Waals surface area contributed by atoms with E-state index in [1.165, 1.54) is 0 Å². The van der Waals surface area contributed by atoms with E-state index >= 15 is 4.39 Å². The summed E-state index contributed by atoms with van der Waals surface area (Å²) in [4.78, 5) is 39.1. The summed E-state index contributed by atoms with van der Waals surface area (Å²) in [5.41, 5.74) is -1.56. The maximum atomic E-state index is 15.3. The second-order valence-electron chi connectivity index (χ2n) is 7.81. The number of hydrogen-bond donors (Lipinski definition) is 2. The monoisotopic (exact) mass is 432 g/mol. The van der Waals surface area contributed by atoms with Gasteiger partial charge < -0.3 is 10.2 Å². The summed E-state index contributed by atoms with van der Waals surface area (Å²) >= 11 is 3.07. The molecule has 0 aliphatic heterocycles. The zero-order chi connectivity index (χ0) is 20.6. The molecule has 0 fully saturated rings. The highest BCUT2D eigenvalue weighted by atomic mass is 79.9. The average Bonchev–Trinajstić information content (AvgIpc) is 2.44. The topological polar surface area (TPSA) is 108 Å². The molecule has 0 aromatic carbocycles. The molecule has 1 aromatic rings. The number of alkyl halides is 1. The van der Waals surface area contributed by atoms with Crippen molar-refractivity contribution < 1.29 is 29.0 Å². The zero-order valence-corrected chi connectivity index (χ0v) is 17.1. The third-order valence-electron chi connectivity index (χ3n) is 3.58. The minimum absolute atomic E-state index is 0.0406. The standard InChI is InChI=1S/C17H22BrFN2O5/c1-16(2,3)10-9(8(22)7-18)12(17(4,5)6)20-13(11(10)19)21(14(23)24)15(25)26/h7H2,1-6H3,(H,23,24)(H,25,26). The summed E-state index contributed by atoms with van der Waals surface area (Å²) in [5, 5.41) is 18.3. The number of rotatable bonds is 3. The molecule has 144 valence electrons. The van der Waals surface area contributed by atoms with E-state index in [0.29, 0.717) is 0 Å². The third-order valence-corrected chi connectivity index (χ3v) is 4.08. The van der Waals surface area contributed by atoms with Gasteiger partial charge in [-0.2, -0.15) is 4.90 Å². The van der Waals surface area contributed by atoms with Crippen LogP contribution < -0.4 is 4.90 Å². The number of aromatic nitrogens is 1. The number of carboxylic acid groups (broad SMARTS) is 2. The lowest BCUT2D eigenvalue weighted by Gasteiger charge is -2.30. The van der Waals surface area contributed by atoms with E-state index in [-0.39, 0.29) is 27.1 Å². The molecule has 0 unspecified atom stereocenters. The normalized spacial score (nSPS) is 12.0. The molecule has 0 saturated heterocycles. The van der Waals surface area contributed by atoms with E-state index in [9.17, 15) is 24.6 Å². The molecule has 0 saturated carbocycles. The molecular weight excluding hydrogens is 411 g/mol. The number of ketones is 1. The van der Waals surface area contributed by atoms with Crippen molar-refractivity contribution in [3.8, 4) is 0 Å². The van der Waals surface area contributed by atoms with Crippen molar-refractivity contribution in [2.75, 3.05) is 10.2 Å². The number of Topliss-reactive ketones (excluding diaryl/α,β-unsaturated/α-hetero) is 1. The predicted molar refractivity (Wildman–Crippen MR) is 98.2 cm³/mol. The molecule has 1 heterocycles. The van der Waals surface area contributed by atoms with Crippen LogP contribution in [0.2, 0.25) is 0 Å². The van der Waals surface area contributed by atoms with Gasteiger partial charge in [0, 0.05) is 16.5 Å². The molecule has 2 amide bonds. The summed E-state index contributed by atoms with van der Waals surface area (Å²) in [5.74, 6) is -2.42. The Bertz CT molecular complexity index is 752. The van der Waals surface area contributed by atoms with Crippen LogP contribution in [0.3, 0.4) is 0 Å². The summed E-state index contributed by atoms with van der Waals surface area (Å²) < 4.78 is 15.3. The first-order valence-corrected chi connectivity index (χ1v) is 8.86. The first-order chi connectivity index (χ1) is 11.6. The van der Waals surface area contributed by atoms with Gasteiger partial charge in [-0.15, -0.1) is 0 Å². The van der Waals surface area contributed by atoms with E-state index in [4.69, 9.17) is 0 Å². The van der Waals surface area contributed by atoms with Crippen LogP contribution in [0.5, 0.6) is 0 Å². The fourth-order valence-corrected chi connectivity index (χ4v) is 2.83. The van der Waals surface area contributed by atoms with Gasteiger partial charge in [0.1, 0.15) is 0 Å². The zero-order valence-electron chi connectivity index (χ0n) is 15.5. The lowest BCUT2D eigenvalue weighted by Crippen LogP contribution is -2.38. The molecule has 2 N–H and O–H groups in total. The number of carbonyl (C=O) groups is 3. The molecule has 0 spiro atoms. The van der Waals surface area contributed by atoms with Gasteiger partial charge >= 0.3 is 12.2 Å². The molecule has 26 heavy (non-hydrogen) atoms. The van der Waals surface area contributed by atoms with E-state index in [1.807, 2.05) is 0 Å². The van der Waals surface area contributed by atoms with Gasteiger partial charge in [0.25, 0.3) is 0 Å². The lowest BCUT2D eigenvalue weighted by molar-refractivity contribution is 0.101. The van der Waals surface area contributed by atoms with Crippen LogP contribution in [0.4, 0.5) is 19.8 Å². The second kappa shape index (κ2) is 7.30. The number of amides is 2. The van der Waals surface area contributed by atoms with Crippen molar-refractivity contribution in [2.45, 2.75) is 52.4 Å². The van der Waals surface area contributed by atoms with Gasteiger partial charge in [0.2, 0.25) is 0 Å². The molecule has 0 bridgehead atoms. The van der Waals surface area contributed by atoms with Crippen molar-refractivity contribution >= 4 is 39.7 Å². The fraction of sp³-hybridized carbons (Fsp3) is 0.529. The highest BCUT2D eigenvalue weighted by Gasteiger charge is 2.38. The van der Waals surface area contributed by atoms with E-state index in [1.54, 1.807) is 41.5 Å². The van der Waals surface area contributed by atoms with Crippen LogP contribution in [-0.2, 0) is 10.8 Å². The number of pyridine rings is 1. The first kappa shape index (κ1) is 22.0. The highest BCUT2D eigenvalue weighted by Crippen LogP contribution is 2.38. The summed E-state index contributed by atoms with van der Waals surface area (Å²) in [7, 11) is 0. The number of nitrogens with zero attached hydrogens (tertiary/aromatic N) is 2. The summed E-state index contributed by atoms with van der Waals surface area (Å²) in [6.45, 7) is 10.1. The van der Waals surface area contributed by atoms with Crippen LogP contribution in [0.1, 0.15) is 63.2 Å². The maximum absolute atomic E-state index is 15.3. The molecule has 0 aliphatic carbocycles. The fourth-order valence-electron chi connectivity index (χ4n) is 2.55. The molecule has 0 aliphatic rings. The van der Waals surface area contributed by atoms with Crippen molar-refractivity contribution in [3.63, 3.8) is 0 Å². The molecule has 1 aromatic heterocycles. The summed E-state index contributed by atoms with van der Waals surface area (Å²) in [6, 6.07) is 0. The molecule has 7 nitrogen and oxygen atoms in total. The number of imide groups is 1. The summed E-state index contributed by atoms with van der Waals surface area (Å²) in [6.07, 6.45) is -3.77. The number of hydrogen-bond acceptors (Lipinski definition) is 4. The van der Waals surface area contributed by atoms with E-state index in [2.05, 4.69) is 20.9 Å². The predicted octanol–water partition coefficient (Wildman–Crippen LogP) is 4.56. The SMILES string of the molecule is CC(C)(C)c1nc(N(C(=O)O)C(=O)O)c(F)c(C(C)(C)C)c1C(=O)CBr. The Labute approximate surface area is 159 Å². The Kier molecular flexibility index (Phi) is 6.18. The van der Waals surface area contributed by atoms with Crippen LogP contribution in [0, 0.1) is 5.82 Å². The van der Waals surface area contributed by atoms with Gasteiger partial charge in [-0.25, -0.2) is 19.0 Å². The molecular formula is C17H22BrFN2O5. The minimum atomic E-state index is -1.89. The van der Waals surface area contributed by atoms with Crippen molar-refractivity contribution in [1.82, 2.24) is 4.98 Å². The smallest absolute Gasteiger partial charge is 0.422 e. The Hall–Kier alpha value is -2.03. The molecule has 1 rings (SSSR count). The largest absolute Gasteiger partial charge is 0.464 e. The molecule has 0 atom stereocenters. The number of halogens is 2. The molecule has 9 heteroatoms.